The number of aryl methyl sites for hydroxylation is 2. The maximum Gasteiger partial charge on any atom is 0.255 e. The highest BCUT2D eigenvalue weighted by atomic mass is 16.5. The third-order valence-corrected chi connectivity index (χ3v) is 3.11. The molecule has 2 rings (SSSR count). The molecule has 0 aliphatic carbocycles. The van der Waals surface area contributed by atoms with Crippen LogP contribution < -0.4 is 15.8 Å². The van der Waals surface area contributed by atoms with Gasteiger partial charge in [0.05, 0.1) is 0 Å². The Morgan fingerprint density at radius 1 is 1.14 bits per heavy atom. The van der Waals surface area contributed by atoms with E-state index in [0.717, 1.165) is 16.8 Å². The summed E-state index contributed by atoms with van der Waals surface area (Å²) in [4.78, 5) is 23.0. The van der Waals surface area contributed by atoms with Crippen molar-refractivity contribution in [2.24, 2.45) is 5.73 Å². The van der Waals surface area contributed by atoms with Crippen molar-refractivity contribution in [3.63, 3.8) is 0 Å². The van der Waals surface area contributed by atoms with Gasteiger partial charge in [-0.15, -0.1) is 0 Å². The normalized spacial score (nSPS) is 10.1. The molecular formula is C17H18N2O3. The van der Waals surface area contributed by atoms with Crippen molar-refractivity contribution in [2.75, 3.05) is 11.9 Å². The maximum atomic E-state index is 12.3. The quantitative estimate of drug-likeness (QED) is 0.889. The first-order chi connectivity index (χ1) is 10.5. The fourth-order valence-corrected chi connectivity index (χ4v) is 2.03. The average molecular weight is 298 g/mol. The Bertz CT molecular complexity index is 711. The summed E-state index contributed by atoms with van der Waals surface area (Å²) in [5.74, 6) is -0.381. The molecule has 114 valence electrons. The molecule has 0 spiro atoms. The molecule has 3 N–H and O–H groups in total. The Hall–Kier alpha value is -2.82. The van der Waals surface area contributed by atoms with E-state index in [9.17, 15) is 9.59 Å². The number of primary amides is 1. The van der Waals surface area contributed by atoms with Crippen LogP contribution in [0.25, 0.3) is 0 Å². The van der Waals surface area contributed by atoms with Gasteiger partial charge >= 0.3 is 0 Å². The standard InChI is InChI=1S/C17H18N2O3/c1-11-6-7-15(12(2)8-11)19-17(21)13-4-3-5-14(9-13)22-10-16(18)20/h3-9H,10H2,1-2H3,(H2,18,20)(H,19,21). The second-order valence-corrected chi connectivity index (χ2v) is 5.06. The molecule has 0 bridgehead atoms. The van der Waals surface area contributed by atoms with E-state index in [-0.39, 0.29) is 12.5 Å². The number of carbonyl (C=O) groups is 2. The lowest BCUT2D eigenvalue weighted by Crippen LogP contribution is -2.20. The van der Waals surface area contributed by atoms with Crippen LogP contribution in [0.4, 0.5) is 5.69 Å². The second-order valence-electron chi connectivity index (χ2n) is 5.06. The van der Waals surface area contributed by atoms with Crippen molar-refractivity contribution < 1.29 is 14.3 Å². The lowest BCUT2D eigenvalue weighted by Gasteiger charge is -2.10. The number of benzene rings is 2. The molecule has 0 radical (unpaired) electrons. The van der Waals surface area contributed by atoms with Gasteiger partial charge in [-0.2, -0.15) is 0 Å². The molecule has 2 aromatic carbocycles. The number of anilines is 1. The predicted molar refractivity (Wildman–Crippen MR) is 85.0 cm³/mol. The number of carbonyl (C=O) groups excluding carboxylic acids is 2. The number of amides is 2. The first-order valence-electron chi connectivity index (χ1n) is 6.85. The third-order valence-electron chi connectivity index (χ3n) is 3.11. The van der Waals surface area contributed by atoms with E-state index in [0.29, 0.717) is 11.3 Å². The van der Waals surface area contributed by atoms with Crippen LogP contribution in [0.1, 0.15) is 21.5 Å². The minimum absolute atomic E-state index is 0.220. The molecule has 0 saturated heterocycles. The molecule has 5 heteroatoms. The zero-order valence-electron chi connectivity index (χ0n) is 12.6. The molecule has 0 aliphatic heterocycles. The first kappa shape index (κ1) is 15.6. The van der Waals surface area contributed by atoms with Crippen molar-refractivity contribution in [3.8, 4) is 5.75 Å². The largest absolute Gasteiger partial charge is 0.484 e. The van der Waals surface area contributed by atoms with Gasteiger partial charge in [-0.05, 0) is 43.7 Å². The van der Waals surface area contributed by atoms with Crippen LogP contribution in [0.5, 0.6) is 5.75 Å². The van der Waals surface area contributed by atoms with Gasteiger partial charge in [0, 0.05) is 11.3 Å². The summed E-state index contributed by atoms with van der Waals surface area (Å²) in [5.41, 5.74) is 8.37. The summed E-state index contributed by atoms with van der Waals surface area (Å²) in [5, 5.41) is 2.86. The Balaban J connectivity index is 2.12. The summed E-state index contributed by atoms with van der Waals surface area (Å²) in [7, 11) is 0. The van der Waals surface area contributed by atoms with Gasteiger partial charge in [-0.25, -0.2) is 0 Å². The van der Waals surface area contributed by atoms with Gasteiger partial charge in [0.1, 0.15) is 5.75 Å². The van der Waals surface area contributed by atoms with Gasteiger partial charge in [-0.1, -0.05) is 23.8 Å². The third kappa shape index (κ3) is 4.09. The molecule has 0 aromatic heterocycles. The van der Waals surface area contributed by atoms with Crippen LogP contribution in [-0.4, -0.2) is 18.4 Å². The maximum absolute atomic E-state index is 12.3. The zero-order chi connectivity index (χ0) is 16.1. The molecule has 0 heterocycles. The number of ether oxygens (including phenoxy) is 1. The summed E-state index contributed by atoms with van der Waals surface area (Å²) in [6.45, 7) is 3.72. The first-order valence-corrected chi connectivity index (χ1v) is 6.85. The molecule has 0 aliphatic rings. The molecule has 0 fully saturated rings. The summed E-state index contributed by atoms with van der Waals surface area (Å²) < 4.78 is 5.19. The highest BCUT2D eigenvalue weighted by molar-refractivity contribution is 6.04. The zero-order valence-corrected chi connectivity index (χ0v) is 12.6. The van der Waals surface area contributed by atoms with Gasteiger partial charge in [0.15, 0.2) is 6.61 Å². The molecular weight excluding hydrogens is 280 g/mol. The highest BCUT2D eigenvalue weighted by Crippen LogP contribution is 2.19. The van der Waals surface area contributed by atoms with Crippen LogP contribution in [0.2, 0.25) is 0 Å². The molecule has 2 amide bonds. The highest BCUT2D eigenvalue weighted by Gasteiger charge is 2.09. The fourth-order valence-electron chi connectivity index (χ4n) is 2.03. The number of hydrogen-bond acceptors (Lipinski definition) is 3. The van der Waals surface area contributed by atoms with E-state index >= 15 is 0 Å². The fraction of sp³-hybridized carbons (Fsp3) is 0.176. The van der Waals surface area contributed by atoms with Crippen LogP contribution in [0.15, 0.2) is 42.5 Å². The predicted octanol–water partition coefficient (Wildman–Crippen LogP) is 2.42. The minimum atomic E-state index is -0.565. The Morgan fingerprint density at radius 3 is 2.59 bits per heavy atom. The van der Waals surface area contributed by atoms with Crippen LogP contribution in [0, 0.1) is 13.8 Å². The molecule has 22 heavy (non-hydrogen) atoms. The SMILES string of the molecule is Cc1ccc(NC(=O)c2cccc(OCC(N)=O)c2)c(C)c1. The Kier molecular flexibility index (Phi) is 4.78. The van der Waals surface area contributed by atoms with Crippen molar-refractivity contribution in [1.82, 2.24) is 0 Å². The Morgan fingerprint density at radius 2 is 1.91 bits per heavy atom. The number of hydrogen-bond donors (Lipinski definition) is 2. The average Bonchev–Trinajstić information content (AvgIpc) is 2.48. The topological polar surface area (TPSA) is 81.4 Å². The number of rotatable bonds is 5. The van der Waals surface area contributed by atoms with Crippen LogP contribution in [-0.2, 0) is 4.79 Å². The van der Waals surface area contributed by atoms with E-state index in [1.807, 2.05) is 32.0 Å². The van der Waals surface area contributed by atoms with Gasteiger partial charge in [0.2, 0.25) is 0 Å². The van der Waals surface area contributed by atoms with Crippen molar-refractivity contribution >= 4 is 17.5 Å². The lowest BCUT2D eigenvalue weighted by atomic mass is 10.1. The second kappa shape index (κ2) is 6.76. The van der Waals surface area contributed by atoms with Gasteiger partial charge in [-0.3, -0.25) is 9.59 Å². The van der Waals surface area contributed by atoms with Crippen LogP contribution in [0.3, 0.4) is 0 Å². The smallest absolute Gasteiger partial charge is 0.255 e. The summed E-state index contributed by atoms with van der Waals surface area (Å²) >= 11 is 0. The van der Waals surface area contributed by atoms with E-state index in [1.165, 1.54) is 0 Å². The number of nitrogens with two attached hydrogens (primary N) is 1. The Labute approximate surface area is 129 Å². The minimum Gasteiger partial charge on any atom is -0.484 e. The molecule has 0 saturated carbocycles. The monoisotopic (exact) mass is 298 g/mol. The van der Waals surface area contributed by atoms with E-state index < -0.39 is 5.91 Å². The van der Waals surface area contributed by atoms with Crippen molar-refractivity contribution in [1.29, 1.82) is 0 Å². The molecule has 2 aromatic rings. The van der Waals surface area contributed by atoms with Crippen molar-refractivity contribution in [2.45, 2.75) is 13.8 Å². The molecule has 0 atom stereocenters. The summed E-state index contributed by atoms with van der Waals surface area (Å²) in [6.07, 6.45) is 0. The lowest BCUT2D eigenvalue weighted by molar-refractivity contribution is -0.119. The summed E-state index contributed by atoms with van der Waals surface area (Å²) in [6, 6.07) is 12.4. The van der Waals surface area contributed by atoms with E-state index in [1.54, 1.807) is 24.3 Å². The van der Waals surface area contributed by atoms with Gasteiger partial charge in [0.25, 0.3) is 11.8 Å². The van der Waals surface area contributed by atoms with E-state index in [2.05, 4.69) is 5.32 Å². The number of nitrogens with one attached hydrogen (secondary N) is 1. The molecule has 0 unspecified atom stereocenters. The van der Waals surface area contributed by atoms with E-state index in [4.69, 9.17) is 10.5 Å². The van der Waals surface area contributed by atoms with Gasteiger partial charge < -0.3 is 15.8 Å². The van der Waals surface area contributed by atoms with Crippen molar-refractivity contribution in [3.05, 3.63) is 59.2 Å². The molecule has 5 nitrogen and oxygen atoms in total. The van der Waals surface area contributed by atoms with Crippen LogP contribution >= 0.6 is 0 Å².